The predicted molar refractivity (Wildman–Crippen MR) is 187 cm³/mol. The standard InChI is InChI=1S/C41H32FN5/c42-35-21-16-30(17-22-35)40-37(31-20-25-39-44-26-38(46(39)27-31)29-18-23-36(43)24-19-29)28-47(45-40)41(32-10-4-1-5-11-32,33-12-6-2-7-13-33)34-14-8-3-9-15-34/h1-14,16-28,34H,15,43H2. The smallest absolute Gasteiger partial charge is 0.137 e. The van der Waals surface area contributed by atoms with Crippen molar-refractivity contribution in [1.82, 2.24) is 19.2 Å². The van der Waals surface area contributed by atoms with Crippen LogP contribution in [0.25, 0.3) is 39.3 Å². The monoisotopic (exact) mass is 613 g/mol. The van der Waals surface area contributed by atoms with Gasteiger partial charge < -0.3 is 5.73 Å². The molecule has 228 valence electrons. The van der Waals surface area contributed by atoms with Gasteiger partial charge in [-0.1, -0.05) is 97.1 Å². The summed E-state index contributed by atoms with van der Waals surface area (Å²) in [5, 5.41) is 5.44. The number of nitrogen functional groups attached to an aromatic ring is 1. The first-order valence-electron chi connectivity index (χ1n) is 15.7. The number of anilines is 1. The Labute approximate surface area is 272 Å². The first-order valence-corrected chi connectivity index (χ1v) is 15.7. The lowest BCUT2D eigenvalue weighted by Gasteiger charge is -2.41. The van der Waals surface area contributed by atoms with Crippen LogP contribution in [0.3, 0.4) is 0 Å². The minimum Gasteiger partial charge on any atom is -0.399 e. The number of pyridine rings is 1. The van der Waals surface area contributed by atoms with Crippen molar-refractivity contribution in [1.29, 1.82) is 0 Å². The summed E-state index contributed by atoms with van der Waals surface area (Å²) in [5.74, 6) is -0.218. The number of hydrogen-bond acceptors (Lipinski definition) is 3. The van der Waals surface area contributed by atoms with E-state index in [1.807, 2.05) is 48.7 Å². The average molecular weight is 614 g/mol. The van der Waals surface area contributed by atoms with Crippen LogP contribution in [0.5, 0.6) is 0 Å². The molecule has 4 aromatic carbocycles. The molecule has 1 atom stereocenters. The van der Waals surface area contributed by atoms with E-state index < -0.39 is 5.54 Å². The fraction of sp³-hybridized carbons (Fsp3) is 0.0732. The van der Waals surface area contributed by atoms with Crippen LogP contribution in [0.2, 0.25) is 0 Å². The molecule has 1 aliphatic carbocycles. The number of benzene rings is 4. The largest absolute Gasteiger partial charge is 0.399 e. The fourth-order valence-electron chi connectivity index (χ4n) is 6.90. The third-order valence-corrected chi connectivity index (χ3v) is 9.16. The summed E-state index contributed by atoms with van der Waals surface area (Å²) in [6.07, 6.45) is 15.7. The third-order valence-electron chi connectivity index (χ3n) is 9.16. The molecule has 0 radical (unpaired) electrons. The lowest BCUT2D eigenvalue weighted by Crippen LogP contribution is -2.43. The quantitative estimate of drug-likeness (QED) is 0.182. The van der Waals surface area contributed by atoms with Gasteiger partial charge in [-0.2, -0.15) is 5.10 Å². The summed E-state index contributed by atoms with van der Waals surface area (Å²) in [6, 6.07) is 39.7. The molecule has 8 rings (SSSR count). The van der Waals surface area contributed by atoms with Gasteiger partial charge in [0, 0.05) is 46.3 Å². The Balaban J connectivity index is 1.40. The molecule has 0 amide bonds. The minimum absolute atomic E-state index is 0.0689. The number of nitrogens with two attached hydrogens (primary N) is 1. The van der Waals surface area contributed by atoms with Crippen molar-refractivity contribution in [2.24, 2.45) is 5.92 Å². The molecule has 0 aliphatic heterocycles. The first kappa shape index (κ1) is 28.5. The molecule has 0 saturated heterocycles. The van der Waals surface area contributed by atoms with Gasteiger partial charge in [-0.3, -0.25) is 9.08 Å². The van der Waals surface area contributed by atoms with Gasteiger partial charge in [-0.05, 0) is 66.1 Å². The Hall–Kier alpha value is -6.01. The second kappa shape index (κ2) is 11.7. The van der Waals surface area contributed by atoms with E-state index in [9.17, 15) is 4.39 Å². The molecule has 7 aromatic rings. The highest BCUT2D eigenvalue weighted by Gasteiger charge is 2.44. The maximum Gasteiger partial charge on any atom is 0.137 e. The Kier molecular flexibility index (Phi) is 7.10. The van der Waals surface area contributed by atoms with Crippen molar-refractivity contribution in [3.63, 3.8) is 0 Å². The number of imidazole rings is 1. The zero-order valence-corrected chi connectivity index (χ0v) is 25.6. The van der Waals surface area contributed by atoms with E-state index in [1.54, 1.807) is 12.1 Å². The number of hydrogen-bond donors (Lipinski definition) is 1. The van der Waals surface area contributed by atoms with Crippen molar-refractivity contribution in [2.75, 3.05) is 5.73 Å². The van der Waals surface area contributed by atoms with Crippen molar-refractivity contribution in [2.45, 2.75) is 12.0 Å². The van der Waals surface area contributed by atoms with E-state index in [0.717, 1.165) is 56.8 Å². The number of rotatable bonds is 7. The van der Waals surface area contributed by atoms with Crippen LogP contribution in [-0.4, -0.2) is 19.2 Å². The highest BCUT2D eigenvalue weighted by atomic mass is 19.1. The highest BCUT2D eigenvalue weighted by molar-refractivity contribution is 5.81. The maximum atomic E-state index is 14.2. The van der Waals surface area contributed by atoms with Crippen LogP contribution in [0.1, 0.15) is 17.5 Å². The summed E-state index contributed by atoms with van der Waals surface area (Å²) in [5.41, 5.74) is 14.6. The number of fused-ring (bicyclic) bond motifs is 1. The van der Waals surface area contributed by atoms with E-state index >= 15 is 0 Å². The molecule has 47 heavy (non-hydrogen) atoms. The minimum atomic E-state index is -0.676. The summed E-state index contributed by atoms with van der Waals surface area (Å²) in [6.45, 7) is 0. The van der Waals surface area contributed by atoms with Crippen LogP contribution in [-0.2, 0) is 5.54 Å². The van der Waals surface area contributed by atoms with Crippen molar-refractivity contribution in [3.8, 4) is 33.6 Å². The van der Waals surface area contributed by atoms with Crippen molar-refractivity contribution < 1.29 is 4.39 Å². The molecule has 5 nitrogen and oxygen atoms in total. The molecule has 3 heterocycles. The lowest BCUT2D eigenvalue weighted by molar-refractivity contribution is 0.293. The summed E-state index contributed by atoms with van der Waals surface area (Å²) < 4.78 is 18.5. The summed E-state index contributed by atoms with van der Waals surface area (Å²) >= 11 is 0. The van der Waals surface area contributed by atoms with Gasteiger partial charge in [0.25, 0.3) is 0 Å². The topological polar surface area (TPSA) is 61.1 Å². The zero-order valence-electron chi connectivity index (χ0n) is 25.6. The molecule has 0 saturated carbocycles. The number of halogens is 1. The van der Waals surface area contributed by atoms with Gasteiger partial charge in [-0.25, -0.2) is 9.37 Å². The average Bonchev–Trinajstić information content (AvgIpc) is 3.76. The van der Waals surface area contributed by atoms with Crippen LogP contribution >= 0.6 is 0 Å². The van der Waals surface area contributed by atoms with Gasteiger partial charge in [0.2, 0.25) is 0 Å². The van der Waals surface area contributed by atoms with E-state index in [0.29, 0.717) is 5.69 Å². The fourth-order valence-corrected chi connectivity index (χ4v) is 6.90. The molecular formula is C41H32FN5. The lowest BCUT2D eigenvalue weighted by atomic mass is 9.70. The molecule has 2 N–H and O–H groups in total. The van der Waals surface area contributed by atoms with E-state index in [1.165, 1.54) is 12.1 Å². The maximum absolute atomic E-state index is 14.2. The second-order valence-electron chi connectivity index (χ2n) is 11.9. The molecular weight excluding hydrogens is 581 g/mol. The van der Waals surface area contributed by atoms with E-state index in [-0.39, 0.29) is 11.7 Å². The molecule has 3 aromatic heterocycles. The Morgan fingerprint density at radius 3 is 2.02 bits per heavy atom. The van der Waals surface area contributed by atoms with Crippen molar-refractivity contribution >= 4 is 11.3 Å². The van der Waals surface area contributed by atoms with Crippen LogP contribution < -0.4 is 5.73 Å². The van der Waals surface area contributed by atoms with Gasteiger partial charge in [0.1, 0.15) is 22.7 Å². The molecule has 0 spiro atoms. The molecule has 1 aliphatic rings. The first-order chi connectivity index (χ1) is 23.1. The third kappa shape index (κ3) is 4.95. The highest BCUT2D eigenvalue weighted by Crippen LogP contribution is 2.46. The van der Waals surface area contributed by atoms with Gasteiger partial charge >= 0.3 is 0 Å². The number of allylic oxidation sites excluding steroid dienone is 4. The normalized spacial score (nSPS) is 14.5. The molecule has 0 fully saturated rings. The van der Waals surface area contributed by atoms with E-state index in [4.69, 9.17) is 10.8 Å². The predicted octanol–water partition coefficient (Wildman–Crippen LogP) is 9.18. The molecule has 6 heteroatoms. The van der Waals surface area contributed by atoms with Crippen LogP contribution in [0.4, 0.5) is 10.1 Å². The van der Waals surface area contributed by atoms with Crippen molar-refractivity contribution in [3.05, 3.63) is 181 Å². The summed E-state index contributed by atoms with van der Waals surface area (Å²) in [4.78, 5) is 4.68. The number of nitrogens with zero attached hydrogens (tertiary/aromatic N) is 4. The Morgan fingerprint density at radius 1 is 0.702 bits per heavy atom. The number of aromatic nitrogens is 4. The molecule has 0 bridgehead atoms. The van der Waals surface area contributed by atoms with Gasteiger partial charge in [0.15, 0.2) is 0 Å². The van der Waals surface area contributed by atoms with Crippen LogP contribution in [0, 0.1) is 11.7 Å². The second-order valence-corrected chi connectivity index (χ2v) is 11.9. The SMILES string of the molecule is Nc1ccc(-c2cnc3ccc(-c4cn(C(c5ccccc5)(c5ccccc5)C5C=CC=CC5)nc4-c4ccc(F)cc4)cn23)cc1. The van der Waals surface area contributed by atoms with E-state index in [2.05, 4.69) is 105 Å². The summed E-state index contributed by atoms with van der Waals surface area (Å²) in [7, 11) is 0. The Bertz CT molecular complexity index is 2190. The van der Waals surface area contributed by atoms with Crippen LogP contribution in [0.15, 0.2) is 164 Å². The zero-order chi connectivity index (χ0) is 31.8. The van der Waals surface area contributed by atoms with Gasteiger partial charge in [0.05, 0.1) is 11.9 Å². The molecule has 1 unspecified atom stereocenters. The van der Waals surface area contributed by atoms with Gasteiger partial charge in [-0.15, -0.1) is 0 Å². The Morgan fingerprint density at radius 2 is 1.36 bits per heavy atom.